The molecule has 0 bridgehead atoms. The van der Waals surface area contributed by atoms with Gasteiger partial charge < -0.3 is 4.98 Å². The maximum absolute atomic E-state index is 14.2. The summed E-state index contributed by atoms with van der Waals surface area (Å²) in [5.74, 6) is 0.756. The van der Waals surface area contributed by atoms with E-state index in [1.807, 2.05) is 6.07 Å². The second-order valence-electron chi connectivity index (χ2n) is 6.80. The van der Waals surface area contributed by atoms with Gasteiger partial charge in [0, 0.05) is 17.8 Å². The van der Waals surface area contributed by atoms with Crippen molar-refractivity contribution in [3.05, 3.63) is 52.4 Å². The Balaban J connectivity index is 1.55. The highest BCUT2D eigenvalue weighted by Gasteiger charge is 2.30. The van der Waals surface area contributed by atoms with Gasteiger partial charge in [0.05, 0.1) is 23.4 Å². The molecule has 0 radical (unpaired) electrons. The summed E-state index contributed by atoms with van der Waals surface area (Å²) < 4.78 is 14.2. The molecule has 2 heterocycles. The average Bonchev–Trinajstić information content (AvgIpc) is 3.22. The minimum Gasteiger partial charge on any atom is -0.344 e. The molecule has 1 atom stereocenters. The lowest BCUT2D eigenvalue weighted by molar-refractivity contribution is 0.237. The van der Waals surface area contributed by atoms with Crippen LogP contribution in [0.25, 0.3) is 0 Å². The lowest BCUT2D eigenvalue weighted by atomic mass is 10.0. The molecule has 24 heavy (non-hydrogen) atoms. The van der Waals surface area contributed by atoms with Crippen LogP contribution in [-0.2, 0) is 19.4 Å². The number of halogens is 1. The third kappa shape index (κ3) is 2.83. The highest BCUT2D eigenvalue weighted by atomic mass is 19.1. The quantitative estimate of drug-likeness (QED) is 0.938. The molecule has 1 aromatic heterocycles. The van der Waals surface area contributed by atoms with E-state index >= 15 is 0 Å². The fourth-order valence-corrected chi connectivity index (χ4v) is 3.92. The first-order valence-corrected chi connectivity index (χ1v) is 8.75. The van der Waals surface area contributed by atoms with Crippen molar-refractivity contribution in [1.82, 2.24) is 14.9 Å². The van der Waals surface area contributed by atoms with Crippen LogP contribution in [0.15, 0.2) is 18.2 Å². The van der Waals surface area contributed by atoms with Crippen LogP contribution in [0.3, 0.4) is 0 Å². The van der Waals surface area contributed by atoms with Gasteiger partial charge >= 0.3 is 0 Å². The van der Waals surface area contributed by atoms with Crippen LogP contribution >= 0.6 is 0 Å². The van der Waals surface area contributed by atoms with Crippen molar-refractivity contribution in [2.75, 3.05) is 6.54 Å². The molecular formula is C19H21FN4. The van der Waals surface area contributed by atoms with Gasteiger partial charge in [-0.2, -0.15) is 5.26 Å². The third-order valence-corrected chi connectivity index (χ3v) is 5.21. The summed E-state index contributed by atoms with van der Waals surface area (Å²) >= 11 is 0. The normalized spacial score (nSPS) is 20.8. The molecule has 0 saturated carbocycles. The second kappa shape index (κ2) is 6.37. The summed E-state index contributed by atoms with van der Waals surface area (Å²) in [5, 5.41) is 8.87. The SMILES string of the molecule is N#Cc1ccc(CN2CCC[C@H]2c2nc3c([nH]2)CCCC3)c(F)c1. The molecule has 2 aliphatic rings. The number of aryl methyl sites for hydroxylation is 2. The fourth-order valence-electron chi connectivity index (χ4n) is 3.92. The number of aromatic amines is 1. The Bertz CT molecular complexity index is 766. The van der Waals surface area contributed by atoms with Gasteiger partial charge in [-0.25, -0.2) is 9.37 Å². The fraction of sp³-hybridized carbons (Fsp3) is 0.474. The molecule has 1 saturated heterocycles. The summed E-state index contributed by atoms with van der Waals surface area (Å²) in [5.41, 5.74) is 3.55. The molecule has 0 spiro atoms. The lowest BCUT2D eigenvalue weighted by Gasteiger charge is -2.23. The summed E-state index contributed by atoms with van der Waals surface area (Å²) in [7, 11) is 0. The summed E-state index contributed by atoms with van der Waals surface area (Å²) in [6, 6.07) is 6.97. The number of hydrogen-bond donors (Lipinski definition) is 1. The van der Waals surface area contributed by atoms with Crippen LogP contribution in [0.5, 0.6) is 0 Å². The maximum atomic E-state index is 14.2. The van der Waals surface area contributed by atoms with Gasteiger partial charge in [0.2, 0.25) is 0 Å². The zero-order valence-corrected chi connectivity index (χ0v) is 13.7. The molecule has 1 aliphatic carbocycles. The topological polar surface area (TPSA) is 55.7 Å². The predicted molar refractivity (Wildman–Crippen MR) is 88.7 cm³/mol. The van der Waals surface area contributed by atoms with E-state index < -0.39 is 0 Å². The Morgan fingerprint density at radius 2 is 2.17 bits per heavy atom. The van der Waals surface area contributed by atoms with Crippen LogP contribution in [0.4, 0.5) is 4.39 Å². The largest absolute Gasteiger partial charge is 0.344 e. The molecule has 2 aromatic rings. The van der Waals surface area contributed by atoms with Gasteiger partial charge in [-0.15, -0.1) is 0 Å². The standard InChI is InChI=1S/C19H21FN4/c20-15-10-13(11-21)7-8-14(15)12-24-9-3-6-18(24)19-22-16-4-1-2-5-17(16)23-19/h7-8,10,18H,1-6,9,12H2,(H,22,23)/t18-/m0/s1. The van der Waals surface area contributed by atoms with Crippen molar-refractivity contribution >= 4 is 0 Å². The number of H-pyrrole nitrogens is 1. The molecule has 5 heteroatoms. The molecule has 1 fully saturated rings. The lowest BCUT2D eigenvalue weighted by Crippen LogP contribution is -2.24. The third-order valence-electron chi connectivity index (χ3n) is 5.21. The average molecular weight is 324 g/mol. The van der Waals surface area contributed by atoms with Crippen LogP contribution in [0.1, 0.15) is 60.1 Å². The van der Waals surface area contributed by atoms with Crippen molar-refractivity contribution in [3.8, 4) is 6.07 Å². The Morgan fingerprint density at radius 3 is 2.96 bits per heavy atom. The molecule has 4 rings (SSSR count). The van der Waals surface area contributed by atoms with E-state index in [9.17, 15) is 4.39 Å². The van der Waals surface area contributed by atoms with Gasteiger partial charge in [0.15, 0.2) is 0 Å². The number of imidazole rings is 1. The van der Waals surface area contributed by atoms with Crippen LogP contribution < -0.4 is 0 Å². The number of nitriles is 1. The van der Waals surface area contributed by atoms with Gasteiger partial charge in [-0.1, -0.05) is 6.07 Å². The molecule has 1 aliphatic heterocycles. The molecule has 0 unspecified atom stereocenters. The number of likely N-dealkylation sites (tertiary alicyclic amines) is 1. The first-order chi connectivity index (χ1) is 11.7. The Morgan fingerprint density at radius 1 is 1.29 bits per heavy atom. The molecule has 1 aromatic carbocycles. The zero-order chi connectivity index (χ0) is 16.5. The van der Waals surface area contributed by atoms with Crippen LogP contribution in [-0.4, -0.2) is 21.4 Å². The first kappa shape index (κ1) is 15.3. The maximum Gasteiger partial charge on any atom is 0.129 e. The molecule has 4 nitrogen and oxygen atoms in total. The van der Waals surface area contributed by atoms with Crippen LogP contribution in [0, 0.1) is 17.1 Å². The van der Waals surface area contributed by atoms with Gasteiger partial charge in [0.1, 0.15) is 11.6 Å². The number of fused-ring (bicyclic) bond motifs is 1. The van der Waals surface area contributed by atoms with Crippen LogP contribution in [0.2, 0.25) is 0 Å². The number of nitrogens with one attached hydrogen (secondary N) is 1. The summed E-state index contributed by atoms with van der Waals surface area (Å²) in [6.07, 6.45) is 6.79. The van der Waals surface area contributed by atoms with Crippen molar-refractivity contribution in [2.45, 2.75) is 51.1 Å². The van der Waals surface area contributed by atoms with Gasteiger partial charge in [-0.3, -0.25) is 4.90 Å². The molecular weight excluding hydrogens is 303 g/mol. The van der Waals surface area contributed by atoms with Crippen molar-refractivity contribution < 1.29 is 4.39 Å². The number of benzene rings is 1. The van der Waals surface area contributed by atoms with Gasteiger partial charge in [0.25, 0.3) is 0 Å². The summed E-state index contributed by atoms with van der Waals surface area (Å²) in [4.78, 5) is 10.7. The minimum atomic E-state index is -0.293. The van der Waals surface area contributed by atoms with E-state index in [2.05, 4.69) is 9.88 Å². The van der Waals surface area contributed by atoms with E-state index in [-0.39, 0.29) is 11.9 Å². The van der Waals surface area contributed by atoms with E-state index in [1.165, 1.54) is 30.3 Å². The number of hydrogen-bond acceptors (Lipinski definition) is 3. The second-order valence-corrected chi connectivity index (χ2v) is 6.80. The Hall–Kier alpha value is -2.19. The van der Waals surface area contributed by atoms with E-state index in [1.54, 1.807) is 12.1 Å². The van der Waals surface area contributed by atoms with Crippen molar-refractivity contribution in [2.24, 2.45) is 0 Å². The van der Waals surface area contributed by atoms with E-state index in [0.717, 1.165) is 38.1 Å². The Labute approximate surface area is 141 Å². The van der Waals surface area contributed by atoms with E-state index in [4.69, 9.17) is 10.2 Å². The Kier molecular flexibility index (Phi) is 4.07. The smallest absolute Gasteiger partial charge is 0.129 e. The highest BCUT2D eigenvalue weighted by Crippen LogP contribution is 2.33. The molecule has 124 valence electrons. The first-order valence-electron chi connectivity index (χ1n) is 8.75. The number of aromatic nitrogens is 2. The number of rotatable bonds is 3. The summed E-state index contributed by atoms with van der Waals surface area (Å²) in [6.45, 7) is 1.52. The minimum absolute atomic E-state index is 0.241. The van der Waals surface area contributed by atoms with E-state index in [0.29, 0.717) is 17.7 Å². The predicted octanol–water partition coefficient (Wildman–Crippen LogP) is 3.64. The van der Waals surface area contributed by atoms with Crippen molar-refractivity contribution in [3.63, 3.8) is 0 Å². The van der Waals surface area contributed by atoms with Crippen molar-refractivity contribution in [1.29, 1.82) is 5.26 Å². The zero-order valence-electron chi connectivity index (χ0n) is 13.7. The van der Waals surface area contributed by atoms with Gasteiger partial charge in [-0.05, 0) is 57.2 Å². The molecule has 1 N–H and O–H groups in total. The molecule has 0 amide bonds. The number of nitrogens with zero attached hydrogens (tertiary/aromatic N) is 3. The monoisotopic (exact) mass is 324 g/mol. The highest BCUT2D eigenvalue weighted by molar-refractivity contribution is 5.33.